The lowest BCUT2D eigenvalue weighted by atomic mass is 9.77. The number of aryl methyl sites for hydroxylation is 1. The molecule has 0 N–H and O–H groups in total. The lowest BCUT2D eigenvalue weighted by molar-refractivity contribution is 0.226. The van der Waals surface area contributed by atoms with Crippen LogP contribution in [0.15, 0.2) is 12.4 Å². The van der Waals surface area contributed by atoms with E-state index < -0.39 is 0 Å². The molecule has 1 saturated heterocycles. The molecule has 4 heteroatoms. The summed E-state index contributed by atoms with van der Waals surface area (Å²) in [5, 5.41) is 1.27. The summed E-state index contributed by atoms with van der Waals surface area (Å²) in [6.45, 7) is 4.55. The zero-order chi connectivity index (χ0) is 14.3. The van der Waals surface area contributed by atoms with Crippen LogP contribution in [0.4, 0.5) is 5.82 Å². The van der Waals surface area contributed by atoms with Crippen LogP contribution in [-0.2, 0) is 6.42 Å². The van der Waals surface area contributed by atoms with Gasteiger partial charge in [-0.3, -0.25) is 0 Å². The molecule has 1 aliphatic carbocycles. The van der Waals surface area contributed by atoms with Crippen molar-refractivity contribution < 1.29 is 0 Å². The highest BCUT2D eigenvalue weighted by Crippen LogP contribution is 2.47. The normalized spacial score (nSPS) is 21.5. The van der Waals surface area contributed by atoms with Crippen LogP contribution in [0.5, 0.6) is 0 Å². The van der Waals surface area contributed by atoms with Crippen LogP contribution in [0.3, 0.4) is 0 Å². The molecule has 0 aromatic carbocycles. The van der Waals surface area contributed by atoms with Crippen LogP contribution < -0.4 is 4.90 Å². The Bertz CT molecular complexity index is 633. The lowest BCUT2D eigenvalue weighted by Gasteiger charge is -2.40. The molecule has 0 amide bonds. The van der Waals surface area contributed by atoms with E-state index in [0.29, 0.717) is 5.41 Å². The van der Waals surface area contributed by atoms with Gasteiger partial charge in [-0.1, -0.05) is 19.8 Å². The Morgan fingerprint density at radius 1 is 1.14 bits per heavy atom. The van der Waals surface area contributed by atoms with E-state index in [1.165, 1.54) is 67.7 Å². The molecule has 4 rings (SSSR count). The van der Waals surface area contributed by atoms with Crippen LogP contribution in [0.1, 0.15) is 50.3 Å². The fourth-order valence-electron chi connectivity index (χ4n) is 4.14. The van der Waals surface area contributed by atoms with Crippen LogP contribution in [0.25, 0.3) is 10.2 Å². The molecule has 2 aromatic heterocycles. The van der Waals surface area contributed by atoms with E-state index in [2.05, 4.69) is 27.9 Å². The number of nitrogens with zero attached hydrogens (tertiary/aromatic N) is 3. The molecule has 1 saturated carbocycles. The van der Waals surface area contributed by atoms with Gasteiger partial charge in [0.25, 0.3) is 0 Å². The molecule has 2 fully saturated rings. The third-order valence-corrected chi connectivity index (χ3v) is 6.68. The summed E-state index contributed by atoms with van der Waals surface area (Å²) in [4.78, 5) is 14.1. The Morgan fingerprint density at radius 2 is 1.90 bits per heavy atom. The summed E-state index contributed by atoms with van der Waals surface area (Å²) in [6, 6.07) is 2.30. The molecule has 1 spiro atoms. The Hall–Kier alpha value is -1.16. The topological polar surface area (TPSA) is 29.0 Å². The maximum Gasteiger partial charge on any atom is 0.140 e. The summed E-state index contributed by atoms with van der Waals surface area (Å²) in [6.07, 6.45) is 11.3. The fraction of sp³-hybridized carbons (Fsp3) is 0.647. The van der Waals surface area contributed by atoms with Crippen molar-refractivity contribution in [3.63, 3.8) is 0 Å². The molecule has 2 aliphatic rings. The second kappa shape index (κ2) is 5.24. The summed E-state index contributed by atoms with van der Waals surface area (Å²) in [5.74, 6) is 1.17. The van der Waals surface area contributed by atoms with Crippen LogP contribution in [0.2, 0.25) is 0 Å². The van der Waals surface area contributed by atoms with Gasteiger partial charge in [0.05, 0.1) is 5.39 Å². The summed E-state index contributed by atoms with van der Waals surface area (Å²) < 4.78 is 0. The zero-order valence-electron chi connectivity index (χ0n) is 12.8. The van der Waals surface area contributed by atoms with Crippen LogP contribution >= 0.6 is 11.3 Å². The third-order valence-electron chi connectivity index (χ3n) is 5.50. The molecular weight excluding hydrogens is 278 g/mol. The quantitative estimate of drug-likeness (QED) is 0.822. The van der Waals surface area contributed by atoms with Gasteiger partial charge in [0.15, 0.2) is 0 Å². The first-order chi connectivity index (χ1) is 10.3. The molecule has 3 heterocycles. The first kappa shape index (κ1) is 13.5. The zero-order valence-corrected chi connectivity index (χ0v) is 13.6. The van der Waals surface area contributed by atoms with Crippen molar-refractivity contribution in [1.82, 2.24) is 9.97 Å². The molecule has 112 valence electrons. The standard InChI is InChI=1S/C17H23N3S/c1-2-13-11-14-15(18-12-19-16(14)21-13)20-9-7-17(8-10-20)5-3-4-6-17/h11-12H,2-10H2,1H3. The van der Waals surface area contributed by atoms with Gasteiger partial charge in [0.2, 0.25) is 0 Å². The SMILES string of the molecule is CCc1cc2c(N3CCC4(CCCC4)CC3)ncnc2s1. The average Bonchev–Trinajstić information content (AvgIpc) is 3.14. The van der Waals surface area contributed by atoms with Crippen molar-refractivity contribution in [2.24, 2.45) is 5.41 Å². The Balaban J connectivity index is 1.61. The van der Waals surface area contributed by atoms with E-state index >= 15 is 0 Å². The minimum atomic E-state index is 0.672. The number of fused-ring (bicyclic) bond motifs is 1. The Labute approximate surface area is 130 Å². The molecule has 21 heavy (non-hydrogen) atoms. The molecular formula is C17H23N3S. The highest BCUT2D eigenvalue weighted by Gasteiger charge is 2.37. The highest BCUT2D eigenvalue weighted by molar-refractivity contribution is 7.18. The van der Waals surface area contributed by atoms with E-state index in [1.54, 1.807) is 6.33 Å². The maximum absolute atomic E-state index is 4.61. The second-order valence-corrected chi connectivity index (χ2v) is 7.79. The van der Waals surface area contributed by atoms with Crippen molar-refractivity contribution >= 4 is 27.4 Å². The number of piperidine rings is 1. The van der Waals surface area contributed by atoms with Gasteiger partial charge in [0, 0.05) is 18.0 Å². The smallest absolute Gasteiger partial charge is 0.140 e. The number of hydrogen-bond donors (Lipinski definition) is 0. The molecule has 0 bridgehead atoms. The van der Waals surface area contributed by atoms with Gasteiger partial charge in [-0.2, -0.15) is 0 Å². The molecule has 3 nitrogen and oxygen atoms in total. The lowest BCUT2D eigenvalue weighted by Crippen LogP contribution is -2.39. The van der Waals surface area contributed by atoms with Gasteiger partial charge in [-0.25, -0.2) is 9.97 Å². The molecule has 0 atom stereocenters. The number of anilines is 1. The number of rotatable bonds is 2. The molecule has 1 aliphatic heterocycles. The van der Waals surface area contributed by atoms with Gasteiger partial charge in [0.1, 0.15) is 17.0 Å². The summed E-state index contributed by atoms with van der Waals surface area (Å²) >= 11 is 1.82. The van der Waals surface area contributed by atoms with Gasteiger partial charge in [-0.15, -0.1) is 11.3 Å². The van der Waals surface area contributed by atoms with Crippen molar-refractivity contribution in [2.75, 3.05) is 18.0 Å². The van der Waals surface area contributed by atoms with Crippen molar-refractivity contribution in [2.45, 2.75) is 51.9 Å². The molecule has 0 radical (unpaired) electrons. The number of hydrogen-bond acceptors (Lipinski definition) is 4. The van der Waals surface area contributed by atoms with Crippen molar-refractivity contribution in [3.8, 4) is 0 Å². The molecule has 2 aromatic rings. The van der Waals surface area contributed by atoms with Crippen molar-refractivity contribution in [1.29, 1.82) is 0 Å². The van der Waals surface area contributed by atoms with E-state index in [1.807, 2.05) is 11.3 Å². The highest BCUT2D eigenvalue weighted by atomic mass is 32.1. The van der Waals surface area contributed by atoms with Gasteiger partial charge < -0.3 is 4.90 Å². The third kappa shape index (κ3) is 2.33. The predicted molar refractivity (Wildman–Crippen MR) is 89.1 cm³/mol. The first-order valence-corrected chi connectivity index (χ1v) is 9.10. The minimum Gasteiger partial charge on any atom is -0.356 e. The second-order valence-electron chi connectivity index (χ2n) is 6.68. The van der Waals surface area contributed by atoms with E-state index in [9.17, 15) is 0 Å². The average molecular weight is 301 g/mol. The minimum absolute atomic E-state index is 0.672. The van der Waals surface area contributed by atoms with Crippen LogP contribution in [-0.4, -0.2) is 23.1 Å². The monoisotopic (exact) mass is 301 g/mol. The van der Waals surface area contributed by atoms with E-state index in [0.717, 1.165) is 11.3 Å². The fourth-order valence-corrected chi connectivity index (χ4v) is 5.07. The maximum atomic E-state index is 4.61. The van der Waals surface area contributed by atoms with Crippen LogP contribution in [0, 0.1) is 5.41 Å². The Morgan fingerprint density at radius 3 is 2.62 bits per heavy atom. The largest absolute Gasteiger partial charge is 0.356 e. The van der Waals surface area contributed by atoms with Gasteiger partial charge in [-0.05, 0) is 43.6 Å². The number of aromatic nitrogens is 2. The van der Waals surface area contributed by atoms with Gasteiger partial charge >= 0.3 is 0 Å². The Kier molecular flexibility index (Phi) is 3.37. The molecule has 0 unspecified atom stereocenters. The predicted octanol–water partition coefficient (Wildman–Crippen LogP) is 4.41. The number of thiophene rings is 1. The van der Waals surface area contributed by atoms with E-state index in [4.69, 9.17) is 0 Å². The van der Waals surface area contributed by atoms with E-state index in [-0.39, 0.29) is 0 Å². The summed E-state index contributed by atoms with van der Waals surface area (Å²) in [5.41, 5.74) is 0.672. The van der Waals surface area contributed by atoms with Crippen molar-refractivity contribution in [3.05, 3.63) is 17.3 Å². The summed E-state index contributed by atoms with van der Waals surface area (Å²) in [7, 11) is 0. The first-order valence-electron chi connectivity index (χ1n) is 8.28.